The molecule has 134 valence electrons. The molecule has 7 nitrogen and oxygen atoms in total. The Morgan fingerprint density at radius 3 is 2.92 bits per heavy atom. The lowest BCUT2D eigenvalue weighted by molar-refractivity contribution is -0.255. The minimum atomic E-state index is -1.26. The van der Waals surface area contributed by atoms with Gasteiger partial charge in [0.1, 0.15) is 17.2 Å². The number of nitrogens with one attached hydrogen (secondary N) is 1. The summed E-state index contributed by atoms with van der Waals surface area (Å²) in [5, 5.41) is 14.1. The lowest BCUT2D eigenvalue weighted by atomic mass is 10.1. The van der Waals surface area contributed by atoms with E-state index in [2.05, 4.69) is 5.32 Å². The summed E-state index contributed by atoms with van der Waals surface area (Å²) in [6.07, 6.45) is 1.55. The second-order valence-corrected chi connectivity index (χ2v) is 5.89. The number of rotatable bonds is 6. The van der Waals surface area contributed by atoms with Gasteiger partial charge >= 0.3 is 0 Å². The van der Waals surface area contributed by atoms with Gasteiger partial charge in [-0.05, 0) is 36.0 Å². The van der Waals surface area contributed by atoms with Crippen LogP contribution in [0.1, 0.15) is 16.1 Å². The molecule has 3 rings (SSSR count). The van der Waals surface area contributed by atoms with E-state index in [1.54, 1.807) is 37.5 Å². The number of carbonyl (C=O) groups excluding carboxylic acids is 2. The third-order valence-electron chi connectivity index (χ3n) is 3.78. The summed E-state index contributed by atoms with van der Waals surface area (Å²) in [5.74, 6) is -0.606. The van der Waals surface area contributed by atoms with Crippen LogP contribution in [0.5, 0.6) is 0 Å². The molecule has 1 aromatic carbocycles. The van der Waals surface area contributed by atoms with Crippen molar-refractivity contribution in [3.05, 3.63) is 53.4 Å². The largest absolute Gasteiger partial charge is 0.545 e. The van der Waals surface area contributed by atoms with Crippen molar-refractivity contribution in [3.63, 3.8) is 0 Å². The Morgan fingerprint density at radius 1 is 1.38 bits per heavy atom. The molecule has 1 aromatic heterocycles. The molecule has 8 heteroatoms. The van der Waals surface area contributed by atoms with Crippen LogP contribution in [-0.4, -0.2) is 42.2 Å². The Morgan fingerprint density at radius 2 is 2.19 bits per heavy atom. The highest BCUT2D eigenvalue weighted by atomic mass is 32.1. The van der Waals surface area contributed by atoms with Gasteiger partial charge in [-0.2, -0.15) is 0 Å². The fourth-order valence-electron chi connectivity index (χ4n) is 2.48. The quantitative estimate of drug-likeness (QED) is 0.598. The molecule has 1 saturated heterocycles. The molecular formula is C18H15N2O5S-. The molecule has 0 aliphatic carbocycles. The van der Waals surface area contributed by atoms with Gasteiger partial charge in [0, 0.05) is 18.7 Å². The molecule has 1 amide bonds. The summed E-state index contributed by atoms with van der Waals surface area (Å²) in [5.41, 5.74) is 0.959. The summed E-state index contributed by atoms with van der Waals surface area (Å²) in [7, 11) is 1.55. The molecule has 0 saturated carbocycles. The molecule has 1 fully saturated rings. The van der Waals surface area contributed by atoms with Gasteiger partial charge in [-0.3, -0.25) is 9.69 Å². The summed E-state index contributed by atoms with van der Waals surface area (Å²) in [4.78, 5) is 24.7. The maximum absolute atomic E-state index is 12.4. The van der Waals surface area contributed by atoms with Crippen LogP contribution in [0, 0.1) is 0 Å². The first-order valence-electron chi connectivity index (χ1n) is 7.74. The number of methoxy groups -OCH3 is 1. The second kappa shape index (κ2) is 7.51. The zero-order valence-electron chi connectivity index (χ0n) is 13.9. The summed E-state index contributed by atoms with van der Waals surface area (Å²) in [6, 6.07) is 9.62. The molecular weight excluding hydrogens is 356 g/mol. The fraction of sp³-hybridized carbons (Fsp3) is 0.167. The van der Waals surface area contributed by atoms with Crippen molar-refractivity contribution in [2.45, 2.75) is 0 Å². The summed E-state index contributed by atoms with van der Waals surface area (Å²) >= 11 is 5.15. The number of hydrogen-bond acceptors (Lipinski definition) is 6. The van der Waals surface area contributed by atoms with Crippen LogP contribution >= 0.6 is 12.2 Å². The van der Waals surface area contributed by atoms with Crippen molar-refractivity contribution in [2.24, 2.45) is 0 Å². The Balaban J connectivity index is 1.81. The van der Waals surface area contributed by atoms with Gasteiger partial charge in [-0.1, -0.05) is 18.2 Å². The van der Waals surface area contributed by atoms with Crippen LogP contribution in [0.4, 0.5) is 0 Å². The number of thiocarbonyl (C=S) groups is 1. The van der Waals surface area contributed by atoms with Crippen LogP contribution in [0.25, 0.3) is 17.4 Å². The van der Waals surface area contributed by atoms with E-state index in [-0.39, 0.29) is 11.5 Å². The predicted molar refractivity (Wildman–Crippen MR) is 95.8 cm³/mol. The van der Waals surface area contributed by atoms with E-state index in [9.17, 15) is 14.7 Å². The molecule has 2 aromatic rings. The molecule has 2 heterocycles. The van der Waals surface area contributed by atoms with Crippen LogP contribution in [0.3, 0.4) is 0 Å². The van der Waals surface area contributed by atoms with E-state index in [4.69, 9.17) is 21.4 Å². The third kappa shape index (κ3) is 3.66. The van der Waals surface area contributed by atoms with Gasteiger partial charge in [-0.25, -0.2) is 0 Å². The van der Waals surface area contributed by atoms with E-state index in [1.807, 2.05) is 0 Å². The Kier molecular flexibility index (Phi) is 5.15. The normalized spacial score (nSPS) is 15.6. The molecule has 0 spiro atoms. The average Bonchev–Trinajstić information content (AvgIpc) is 3.19. The highest BCUT2D eigenvalue weighted by Crippen LogP contribution is 2.25. The van der Waals surface area contributed by atoms with Gasteiger partial charge in [-0.15, -0.1) is 0 Å². The summed E-state index contributed by atoms with van der Waals surface area (Å²) in [6.45, 7) is 0.735. The molecule has 1 N–H and O–H groups in total. The summed E-state index contributed by atoms with van der Waals surface area (Å²) < 4.78 is 10.7. The van der Waals surface area contributed by atoms with Gasteiger partial charge in [0.2, 0.25) is 0 Å². The van der Waals surface area contributed by atoms with Crippen LogP contribution in [0.15, 0.2) is 46.5 Å². The molecule has 1 aliphatic rings. The number of carbonyl (C=O) groups is 2. The van der Waals surface area contributed by atoms with Gasteiger partial charge in [0.05, 0.1) is 19.1 Å². The molecule has 0 radical (unpaired) electrons. The van der Waals surface area contributed by atoms with Gasteiger partial charge in [0.25, 0.3) is 5.91 Å². The first-order valence-corrected chi connectivity index (χ1v) is 8.15. The Labute approximate surface area is 154 Å². The highest BCUT2D eigenvalue weighted by Gasteiger charge is 2.30. The van der Waals surface area contributed by atoms with Crippen molar-refractivity contribution in [1.82, 2.24) is 10.2 Å². The first kappa shape index (κ1) is 17.8. The maximum atomic E-state index is 12.4. The minimum Gasteiger partial charge on any atom is -0.545 e. The van der Waals surface area contributed by atoms with Crippen molar-refractivity contribution in [3.8, 4) is 11.3 Å². The SMILES string of the molecule is COCCN1C(=O)/C(=C/c2ccc(-c3cccc(C(=O)[O-])c3)o2)NC1=S. The second-order valence-electron chi connectivity index (χ2n) is 5.51. The Hall–Kier alpha value is -2.97. The predicted octanol–water partition coefficient (Wildman–Crippen LogP) is 1.01. The van der Waals surface area contributed by atoms with E-state index in [0.717, 1.165) is 0 Å². The molecule has 1 aliphatic heterocycles. The lowest BCUT2D eigenvalue weighted by Gasteiger charge is -2.12. The van der Waals surface area contributed by atoms with E-state index >= 15 is 0 Å². The molecule has 0 atom stereocenters. The number of hydrogen-bond donors (Lipinski definition) is 1. The number of carboxylic acids is 1. The van der Waals surface area contributed by atoms with E-state index in [1.165, 1.54) is 17.0 Å². The number of furan rings is 1. The van der Waals surface area contributed by atoms with Crippen LogP contribution < -0.4 is 10.4 Å². The molecule has 0 bridgehead atoms. The van der Waals surface area contributed by atoms with Crippen molar-refractivity contribution < 1.29 is 23.8 Å². The van der Waals surface area contributed by atoms with E-state index < -0.39 is 5.97 Å². The molecule has 26 heavy (non-hydrogen) atoms. The monoisotopic (exact) mass is 371 g/mol. The number of carboxylic acid groups (broad SMARTS) is 1. The Bertz CT molecular complexity index is 902. The lowest BCUT2D eigenvalue weighted by Crippen LogP contribution is -2.33. The van der Waals surface area contributed by atoms with Gasteiger partial charge in [0.15, 0.2) is 5.11 Å². The minimum absolute atomic E-state index is 0.0607. The molecule has 0 unspecified atom stereocenters. The first-order chi connectivity index (χ1) is 12.5. The van der Waals surface area contributed by atoms with Crippen LogP contribution in [-0.2, 0) is 9.53 Å². The van der Waals surface area contributed by atoms with Crippen molar-refractivity contribution >= 4 is 35.3 Å². The number of amides is 1. The topological polar surface area (TPSA) is 94.8 Å². The average molecular weight is 371 g/mol. The standard InChI is InChI=1S/C18H16N2O5S/c1-24-8-7-20-16(21)14(19-18(20)26)10-13-5-6-15(25-13)11-3-2-4-12(9-11)17(22)23/h2-6,9-10H,7-8H2,1H3,(H,19,26)(H,22,23)/p-1/b14-10-. The maximum Gasteiger partial charge on any atom is 0.276 e. The third-order valence-corrected chi connectivity index (χ3v) is 4.10. The number of aromatic carboxylic acids is 1. The van der Waals surface area contributed by atoms with Gasteiger partial charge < -0.3 is 24.4 Å². The number of ether oxygens (including phenoxy) is 1. The van der Waals surface area contributed by atoms with Crippen LogP contribution in [0.2, 0.25) is 0 Å². The smallest absolute Gasteiger partial charge is 0.276 e. The van der Waals surface area contributed by atoms with Crippen molar-refractivity contribution in [1.29, 1.82) is 0 Å². The zero-order chi connectivity index (χ0) is 18.7. The number of benzene rings is 1. The van der Waals surface area contributed by atoms with E-state index in [0.29, 0.717) is 41.0 Å². The number of nitrogens with zero attached hydrogens (tertiary/aromatic N) is 1. The fourth-order valence-corrected chi connectivity index (χ4v) is 2.77. The highest BCUT2D eigenvalue weighted by molar-refractivity contribution is 7.80. The zero-order valence-corrected chi connectivity index (χ0v) is 14.7. The van der Waals surface area contributed by atoms with Crippen molar-refractivity contribution in [2.75, 3.05) is 20.3 Å².